The van der Waals surface area contributed by atoms with Crippen molar-refractivity contribution >= 4 is 5.91 Å². The van der Waals surface area contributed by atoms with E-state index >= 15 is 0 Å². The van der Waals surface area contributed by atoms with E-state index in [1.54, 1.807) is 12.1 Å². The molecule has 1 saturated heterocycles. The van der Waals surface area contributed by atoms with Crippen molar-refractivity contribution in [3.8, 4) is 0 Å². The van der Waals surface area contributed by atoms with E-state index in [-0.39, 0.29) is 17.8 Å². The summed E-state index contributed by atoms with van der Waals surface area (Å²) in [6, 6.07) is 6.11. The Balaban J connectivity index is 1.82. The monoisotopic (exact) mass is 293 g/mol. The lowest BCUT2D eigenvalue weighted by Crippen LogP contribution is -2.44. The topological polar surface area (TPSA) is 58.4 Å². The summed E-state index contributed by atoms with van der Waals surface area (Å²) in [5.41, 5.74) is 6.61. The molecule has 2 rings (SSSR count). The van der Waals surface area contributed by atoms with Crippen molar-refractivity contribution in [1.29, 1.82) is 0 Å². The SMILES string of the molecule is CC(NC(=O)CN1CCCC(CN)C1)c1ccc(F)cc1. The van der Waals surface area contributed by atoms with Gasteiger partial charge in [0.25, 0.3) is 0 Å². The van der Waals surface area contributed by atoms with Gasteiger partial charge < -0.3 is 11.1 Å². The highest BCUT2D eigenvalue weighted by molar-refractivity contribution is 5.78. The minimum absolute atomic E-state index is 0.00416. The quantitative estimate of drug-likeness (QED) is 0.868. The molecule has 1 aromatic carbocycles. The average molecular weight is 293 g/mol. The van der Waals surface area contributed by atoms with E-state index in [0.29, 0.717) is 19.0 Å². The average Bonchev–Trinajstić information content (AvgIpc) is 2.47. The highest BCUT2D eigenvalue weighted by atomic mass is 19.1. The number of hydrogen-bond donors (Lipinski definition) is 2. The van der Waals surface area contributed by atoms with Crippen molar-refractivity contribution in [2.24, 2.45) is 11.7 Å². The summed E-state index contributed by atoms with van der Waals surface area (Å²) >= 11 is 0. The van der Waals surface area contributed by atoms with E-state index in [0.717, 1.165) is 31.5 Å². The van der Waals surface area contributed by atoms with Gasteiger partial charge in [-0.15, -0.1) is 0 Å². The highest BCUT2D eigenvalue weighted by Gasteiger charge is 2.21. The third-order valence-electron chi connectivity index (χ3n) is 4.05. The largest absolute Gasteiger partial charge is 0.348 e. The summed E-state index contributed by atoms with van der Waals surface area (Å²) < 4.78 is 12.9. The molecule has 0 spiro atoms. The van der Waals surface area contributed by atoms with E-state index in [9.17, 15) is 9.18 Å². The zero-order valence-electron chi connectivity index (χ0n) is 12.5. The lowest BCUT2D eigenvalue weighted by molar-refractivity contribution is -0.123. The fourth-order valence-electron chi connectivity index (χ4n) is 2.81. The number of nitrogens with zero attached hydrogens (tertiary/aromatic N) is 1. The number of carbonyl (C=O) groups is 1. The molecule has 1 heterocycles. The lowest BCUT2D eigenvalue weighted by atomic mass is 9.98. The second-order valence-electron chi connectivity index (χ2n) is 5.82. The van der Waals surface area contributed by atoms with Crippen molar-refractivity contribution in [1.82, 2.24) is 10.2 Å². The maximum Gasteiger partial charge on any atom is 0.234 e. The summed E-state index contributed by atoms with van der Waals surface area (Å²) in [5.74, 6) is 0.240. The van der Waals surface area contributed by atoms with Gasteiger partial charge in [0.05, 0.1) is 12.6 Å². The number of nitrogens with two attached hydrogens (primary N) is 1. The van der Waals surface area contributed by atoms with Gasteiger partial charge in [-0.1, -0.05) is 12.1 Å². The Morgan fingerprint density at radius 1 is 1.48 bits per heavy atom. The number of nitrogens with one attached hydrogen (secondary N) is 1. The number of piperidine rings is 1. The van der Waals surface area contributed by atoms with Crippen LogP contribution in [0.2, 0.25) is 0 Å². The van der Waals surface area contributed by atoms with Crippen molar-refractivity contribution in [3.05, 3.63) is 35.6 Å². The number of amides is 1. The predicted octanol–water partition coefficient (Wildman–Crippen LogP) is 1.67. The normalized spacial score (nSPS) is 21.0. The first-order valence-corrected chi connectivity index (χ1v) is 7.55. The van der Waals surface area contributed by atoms with Crippen molar-refractivity contribution in [2.75, 3.05) is 26.2 Å². The van der Waals surface area contributed by atoms with Crippen molar-refractivity contribution in [2.45, 2.75) is 25.8 Å². The van der Waals surface area contributed by atoms with Gasteiger partial charge in [-0.2, -0.15) is 0 Å². The third-order valence-corrected chi connectivity index (χ3v) is 4.05. The molecule has 3 N–H and O–H groups in total. The van der Waals surface area contributed by atoms with Gasteiger partial charge in [-0.3, -0.25) is 9.69 Å². The van der Waals surface area contributed by atoms with E-state index in [2.05, 4.69) is 10.2 Å². The van der Waals surface area contributed by atoms with E-state index in [4.69, 9.17) is 5.73 Å². The minimum atomic E-state index is -0.265. The maximum atomic E-state index is 12.9. The second-order valence-corrected chi connectivity index (χ2v) is 5.82. The summed E-state index contributed by atoms with van der Waals surface area (Å²) in [6.07, 6.45) is 2.25. The second kappa shape index (κ2) is 7.52. The van der Waals surface area contributed by atoms with Gasteiger partial charge in [0.1, 0.15) is 5.82 Å². The van der Waals surface area contributed by atoms with Crippen LogP contribution in [-0.2, 0) is 4.79 Å². The zero-order valence-corrected chi connectivity index (χ0v) is 12.5. The molecule has 1 aliphatic heterocycles. The molecular weight excluding hydrogens is 269 g/mol. The van der Waals surface area contributed by atoms with Gasteiger partial charge in [-0.25, -0.2) is 4.39 Å². The molecule has 1 aliphatic rings. The molecule has 2 atom stereocenters. The molecule has 0 bridgehead atoms. The maximum absolute atomic E-state index is 12.9. The van der Waals surface area contributed by atoms with E-state index in [1.807, 2.05) is 6.92 Å². The van der Waals surface area contributed by atoms with Crippen LogP contribution in [0.4, 0.5) is 4.39 Å². The number of halogens is 1. The Kier molecular flexibility index (Phi) is 5.70. The molecule has 21 heavy (non-hydrogen) atoms. The van der Waals surface area contributed by atoms with Crippen LogP contribution in [0.3, 0.4) is 0 Å². The smallest absolute Gasteiger partial charge is 0.234 e. The number of benzene rings is 1. The first-order valence-electron chi connectivity index (χ1n) is 7.55. The number of likely N-dealkylation sites (tertiary alicyclic amines) is 1. The Bertz CT molecular complexity index is 463. The van der Waals surface area contributed by atoms with Gasteiger partial charge in [-0.05, 0) is 56.5 Å². The summed E-state index contributed by atoms with van der Waals surface area (Å²) in [7, 11) is 0. The van der Waals surface area contributed by atoms with Crippen molar-refractivity contribution < 1.29 is 9.18 Å². The van der Waals surface area contributed by atoms with Gasteiger partial charge in [0.2, 0.25) is 5.91 Å². The highest BCUT2D eigenvalue weighted by Crippen LogP contribution is 2.16. The van der Waals surface area contributed by atoms with Crippen LogP contribution in [0.25, 0.3) is 0 Å². The molecule has 0 saturated carbocycles. The zero-order chi connectivity index (χ0) is 15.2. The number of rotatable bonds is 5. The summed E-state index contributed by atoms with van der Waals surface area (Å²) in [5, 5.41) is 2.96. The van der Waals surface area contributed by atoms with Crippen LogP contribution in [0.15, 0.2) is 24.3 Å². The molecular formula is C16H24FN3O. The van der Waals surface area contributed by atoms with Crippen LogP contribution < -0.4 is 11.1 Å². The fourth-order valence-corrected chi connectivity index (χ4v) is 2.81. The summed E-state index contributed by atoms with van der Waals surface area (Å²) in [6.45, 7) is 4.85. The van der Waals surface area contributed by atoms with E-state index in [1.165, 1.54) is 12.1 Å². The van der Waals surface area contributed by atoms with Gasteiger partial charge >= 0.3 is 0 Å². The standard InChI is InChI=1S/C16H24FN3O/c1-12(14-4-6-15(17)7-5-14)19-16(21)11-20-8-2-3-13(9-18)10-20/h4-7,12-13H,2-3,8-11,18H2,1H3,(H,19,21). The van der Waals surface area contributed by atoms with E-state index < -0.39 is 0 Å². The summed E-state index contributed by atoms with van der Waals surface area (Å²) in [4.78, 5) is 14.3. The molecule has 116 valence electrons. The molecule has 5 heteroatoms. The fraction of sp³-hybridized carbons (Fsp3) is 0.562. The minimum Gasteiger partial charge on any atom is -0.348 e. The molecule has 0 radical (unpaired) electrons. The molecule has 0 aromatic heterocycles. The first kappa shape index (κ1) is 15.9. The van der Waals surface area contributed by atoms with Gasteiger partial charge in [0.15, 0.2) is 0 Å². The molecule has 0 aliphatic carbocycles. The molecule has 1 aromatic rings. The molecule has 1 amide bonds. The first-order chi connectivity index (χ1) is 10.1. The van der Waals surface area contributed by atoms with Crippen LogP contribution in [0.1, 0.15) is 31.4 Å². The predicted molar refractivity (Wildman–Crippen MR) is 81.2 cm³/mol. The Morgan fingerprint density at radius 3 is 2.86 bits per heavy atom. The molecule has 1 fully saturated rings. The van der Waals surface area contributed by atoms with Crippen LogP contribution in [0.5, 0.6) is 0 Å². The Morgan fingerprint density at radius 2 is 2.19 bits per heavy atom. The number of carbonyl (C=O) groups excluding carboxylic acids is 1. The Labute approximate surface area is 125 Å². The molecule has 2 unspecified atom stereocenters. The Hall–Kier alpha value is -1.46. The lowest BCUT2D eigenvalue weighted by Gasteiger charge is -2.31. The van der Waals surface area contributed by atoms with Crippen LogP contribution in [-0.4, -0.2) is 37.0 Å². The molecule has 4 nitrogen and oxygen atoms in total. The van der Waals surface area contributed by atoms with Crippen LogP contribution in [0, 0.1) is 11.7 Å². The number of hydrogen-bond acceptors (Lipinski definition) is 3. The van der Waals surface area contributed by atoms with Crippen LogP contribution >= 0.6 is 0 Å². The van der Waals surface area contributed by atoms with Gasteiger partial charge in [0, 0.05) is 6.54 Å². The third kappa shape index (κ3) is 4.79. The van der Waals surface area contributed by atoms with Crippen molar-refractivity contribution in [3.63, 3.8) is 0 Å².